The Hall–Kier alpha value is -2.99. The average molecular weight is 349 g/mol. The van der Waals surface area contributed by atoms with Crippen LogP contribution >= 0.6 is 0 Å². The number of carbonyl (C=O) groups excluding carboxylic acids is 1. The van der Waals surface area contributed by atoms with E-state index in [-0.39, 0.29) is 5.91 Å². The molecule has 0 radical (unpaired) electrons. The molecule has 6 nitrogen and oxygen atoms in total. The summed E-state index contributed by atoms with van der Waals surface area (Å²) in [5.41, 5.74) is 2.86. The zero-order valence-electron chi connectivity index (χ0n) is 14.5. The highest BCUT2D eigenvalue weighted by molar-refractivity contribution is 5.94. The molecule has 1 aliphatic rings. The van der Waals surface area contributed by atoms with Gasteiger partial charge in [-0.25, -0.2) is 0 Å². The van der Waals surface area contributed by atoms with Crippen LogP contribution in [0.5, 0.6) is 0 Å². The number of aromatic nitrogens is 2. The molecule has 2 heterocycles. The number of carbonyl (C=O) groups is 1. The molecule has 1 N–H and O–H groups in total. The lowest BCUT2D eigenvalue weighted by atomic mass is 10.1. The van der Waals surface area contributed by atoms with Gasteiger partial charge in [-0.1, -0.05) is 30.3 Å². The number of piperazine rings is 1. The van der Waals surface area contributed by atoms with Crippen LogP contribution in [0.1, 0.15) is 15.9 Å². The fourth-order valence-electron chi connectivity index (χ4n) is 3.32. The molecule has 1 aliphatic heterocycles. The van der Waals surface area contributed by atoms with Gasteiger partial charge in [-0.05, 0) is 24.3 Å². The van der Waals surface area contributed by atoms with Crippen LogP contribution in [0.15, 0.2) is 65.4 Å². The molecular formula is C20H21N4O2+. The third-order valence-corrected chi connectivity index (χ3v) is 4.79. The molecule has 26 heavy (non-hydrogen) atoms. The number of nitrogens with zero attached hydrogens (tertiary/aromatic N) is 3. The number of hydrogen-bond acceptors (Lipinski definition) is 4. The largest absolute Gasteiger partial charge is 0.423 e. The van der Waals surface area contributed by atoms with E-state index in [2.05, 4.69) is 34.5 Å². The van der Waals surface area contributed by atoms with Crippen LogP contribution < -0.4 is 4.90 Å². The van der Waals surface area contributed by atoms with Crippen LogP contribution in [-0.4, -0.2) is 47.2 Å². The zero-order chi connectivity index (χ0) is 17.8. The summed E-state index contributed by atoms with van der Waals surface area (Å²) in [7, 11) is 0. The molecule has 1 fully saturated rings. The van der Waals surface area contributed by atoms with Crippen molar-refractivity contribution in [3.63, 3.8) is 0 Å². The van der Waals surface area contributed by atoms with Crippen LogP contribution in [0.4, 0.5) is 0 Å². The molecule has 4 rings (SSSR count). The molecule has 1 saturated heterocycles. The first-order valence-corrected chi connectivity index (χ1v) is 8.83. The third kappa shape index (κ3) is 3.65. The van der Waals surface area contributed by atoms with Gasteiger partial charge in [0.2, 0.25) is 12.3 Å². The first-order valence-electron chi connectivity index (χ1n) is 8.83. The highest BCUT2D eigenvalue weighted by Gasteiger charge is 2.24. The van der Waals surface area contributed by atoms with Gasteiger partial charge in [0.15, 0.2) is 0 Å². The Morgan fingerprint density at radius 3 is 2.42 bits per heavy atom. The summed E-state index contributed by atoms with van der Waals surface area (Å²) in [6.45, 7) is 4.53. The van der Waals surface area contributed by atoms with E-state index < -0.39 is 0 Å². The van der Waals surface area contributed by atoms with Crippen molar-refractivity contribution in [2.75, 3.05) is 26.2 Å². The Morgan fingerprint density at radius 1 is 1.04 bits per heavy atom. The molecule has 2 aromatic carbocycles. The second-order valence-corrected chi connectivity index (χ2v) is 6.53. The predicted molar refractivity (Wildman–Crippen MR) is 96.5 cm³/mol. The Balaban J connectivity index is 1.34. The van der Waals surface area contributed by atoms with Crippen LogP contribution in [-0.2, 0) is 6.54 Å². The monoisotopic (exact) mass is 349 g/mol. The molecule has 132 valence electrons. The summed E-state index contributed by atoms with van der Waals surface area (Å²) in [6, 6.07) is 17.9. The summed E-state index contributed by atoms with van der Waals surface area (Å²) < 4.78 is 5.18. The van der Waals surface area contributed by atoms with E-state index in [0.29, 0.717) is 11.5 Å². The Bertz CT molecular complexity index is 839. The summed E-state index contributed by atoms with van der Waals surface area (Å²) in [5, 5.41) is 7.55. The van der Waals surface area contributed by atoms with E-state index in [9.17, 15) is 4.79 Å². The first kappa shape index (κ1) is 16.5. The molecule has 3 aromatic rings. The minimum atomic E-state index is 0.0841. The van der Waals surface area contributed by atoms with Crippen molar-refractivity contribution in [3.05, 3.63) is 72.1 Å². The molecule has 1 amide bonds. The lowest BCUT2D eigenvalue weighted by Gasteiger charge is -2.32. The van der Waals surface area contributed by atoms with E-state index in [1.807, 2.05) is 35.2 Å². The SMILES string of the molecule is O=C(c1ccc(-c2nnco2)cc1)N1CC[NH+](Cc2ccccc2)CC1. The fraction of sp³-hybridized carbons (Fsp3) is 0.250. The normalized spacial score (nSPS) is 15.2. The van der Waals surface area contributed by atoms with Gasteiger partial charge in [0, 0.05) is 16.7 Å². The fourth-order valence-corrected chi connectivity index (χ4v) is 3.32. The molecule has 0 aliphatic carbocycles. The predicted octanol–water partition coefficient (Wildman–Crippen LogP) is 1.28. The minimum Gasteiger partial charge on any atom is -0.423 e. The Morgan fingerprint density at radius 2 is 1.77 bits per heavy atom. The third-order valence-electron chi connectivity index (χ3n) is 4.79. The number of hydrogen-bond donors (Lipinski definition) is 1. The van der Waals surface area contributed by atoms with Crippen LogP contribution in [0.25, 0.3) is 11.5 Å². The zero-order valence-corrected chi connectivity index (χ0v) is 14.5. The van der Waals surface area contributed by atoms with E-state index in [4.69, 9.17) is 4.42 Å². The van der Waals surface area contributed by atoms with Crippen molar-refractivity contribution in [1.82, 2.24) is 15.1 Å². The second-order valence-electron chi connectivity index (χ2n) is 6.53. The van der Waals surface area contributed by atoms with Crippen molar-refractivity contribution < 1.29 is 14.1 Å². The van der Waals surface area contributed by atoms with Crippen molar-refractivity contribution in [1.29, 1.82) is 0 Å². The van der Waals surface area contributed by atoms with E-state index in [1.54, 1.807) is 0 Å². The molecule has 0 spiro atoms. The summed E-state index contributed by atoms with van der Waals surface area (Å²) in [6.07, 6.45) is 1.30. The quantitative estimate of drug-likeness (QED) is 0.771. The van der Waals surface area contributed by atoms with Gasteiger partial charge in [-0.15, -0.1) is 10.2 Å². The van der Waals surface area contributed by atoms with E-state index in [0.717, 1.165) is 38.3 Å². The molecular weight excluding hydrogens is 328 g/mol. The van der Waals surface area contributed by atoms with Gasteiger partial charge in [0.25, 0.3) is 5.91 Å². The smallest absolute Gasteiger partial charge is 0.254 e. The maximum Gasteiger partial charge on any atom is 0.254 e. The minimum absolute atomic E-state index is 0.0841. The second kappa shape index (κ2) is 7.49. The number of nitrogens with one attached hydrogen (secondary N) is 1. The van der Waals surface area contributed by atoms with Crippen LogP contribution in [0.2, 0.25) is 0 Å². The van der Waals surface area contributed by atoms with E-state index >= 15 is 0 Å². The highest BCUT2D eigenvalue weighted by atomic mass is 16.4. The topological polar surface area (TPSA) is 63.7 Å². The van der Waals surface area contributed by atoms with Gasteiger partial charge >= 0.3 is 0 Å². The number of benzene rings is 2. The molecule has 1 aromatic heterocycles. The number of amides is 1. The van der Waals surface area contributed by atoms with Crippen molar-refractivity contribution in [3.8, 4) is 11.5 Å². The summed E-state index contributed by atoms with van der Waals surface area (Å²) in [5.74, 6) is 0.544. The summed E-state index contributed by atoms with van der Waals surface area (Å²) >= 11 is 0. The average Bonchev–Trinajstić information content (AvgIpc) is 3.24. The highest BCUT2D eigenvalue weighted by Crippen LogP contribution is 2.17. The van der Waals surface area contributed by atoms with Gasteiger partial charge in [0.05, 0.1) is 26.2 Å². The number of rotatable bonds is 4. The van der Waals surface area contributed by atoms with Gasteiger partial charge in [0.1, 0.15) is 6.54 Å². The van der Waals surface area contributed by atoms with Crippen molar-refractivity contribution in [2.45, 2.75) is 6.54 Å². The molecule has 0 saturated carbocycles. The lowest BCUT2D eigenvalue weighted by Crippen LogP contribution is -3.13. The van der Waals surface area contributed by atoms with E-state index in [1.165, 1.54) is 16.9 Å². The first-order chi connectivity index (χ1) is 12.8. The molecule has 0 bridgehead atoms. The number of quaternary nitrogens is 1. The van der Waals surface area contributed by atoms with Crippen molar-refractivity contribution in [2.24, 2.45) is 0 Å². The molecule has 6 heteroatoms. The standard InChI is InChI=1S/C20H20N4O2/c25-20(18-8-6-17(7-9-18)19-22-21-15-26-19)24-12-10-23(11-13-24)14-16-4-2-1-3-5-16/h1-9,15H,10-14H2/p+1. The van der Waals surface area contributed by atoms with Crippen molar-refractivity contribution >= 4 is 5.91 Å². The van der Waals surface area contributed by atoms with Gasteiger partial charge in [-0.2, -0.15) is 0 Å². The maximum atomic E-state index is 12.7. The molecule has 0 unspecified atom stereocenters. The summed E-state index contributed by atoms with van der Waals surface area (Å²) in [4.78, 5) is 16.2. The maximum absolute atomic E-state index is 12.7. The van der Waals surface area contributed by atoms with Crippen LogP contribution in [0, 0.1) is 0 Å². The van der Waals surface area contributed by atoms with Gasteiger partial charge in [-0.3, -0.25) is 4.79 Å². The molecule has 0 atom stereocenters. The Kier molecular flexibility index (Phi) is 4.75. The van der Waals surface area contributed by atoms with Crippen LogP contribution in [0.3, 0.4) is 0 Å². The Labute approximate surface area is 152 Å². The van der Waals surface area contributed by atoms with Gasteiger partial charge < -0.3 is 14.2 Å². The lowest BCUT2D eigenvalue weighted by molar-refractivity contribution is -0.917.